The Morgan fingerprint density at radius 3 is 2.86 bits per heavy atom. The van der Waals surface area contributed by atoms with Gasteiger partial charge in [0.15, 0.2) is 11.5 Å². The second-order valence-electron chi connectivity index (χ2n) is 7.85. The molecule has 1 fully saturated rings. The zero-order valence-electron chi connectivity index (χ0n) is 16.3. The van der Waals surface area contributed by atoms with Crippen LogP contribution in [0.5, 0.6) is 17.2 Å². The average molecular weight is 394 g/mol. The molecule has 0 spiro atoms. The van der Waals surface area contributed by atoms with E-state index in [1.807, 2.05) is 36.5 Å². The molecule has 2 aromatic carbocycles. The highest BCUT2D eigenvalue weighted by Gasteiger charge is 2.24. The lowest BCUT2D eigenvalue weighted by atomic mass is 9.89. The van der Waals surface area contributed by atoms with Crippen LogP contribution in [0.15, 0.2) is 48.7 Å². The molecule has 0 radical (unpaired) electrons. The maximum Gasteiger partial charge on any atom is 0.231 e. The van der Waals surface area contributed by atoms with E-state index in [1.54, 1.807) is 0 Å². The van der Waals surface area contributed by atoms with Gasteiger partial charge in [-0.25, -0.2) is 0 Å². The Labute approximate surface area is 170 Å². The number of H-pyrrole nitrogens is 1. The average Bonchev–Trinajstić information content (AvgIpc) is 3.41. The lowest BCUT2D eigenvalue weighted by molar-refractivity contribution is 0.0599. The number of fused-ring (bicyclic) bond motifs is 2. The summed E-state index contributed by atoms with van der Waals surface area (Å²) in [5.74, 6) is 3.03. The van der Waals surface area contributed by atoms with E-state index < -0.39 is 6.10 Å². The monoisotopic (exact) mass is 394 g/mol. The summed E-state index contributed by atoms with van der Waals surface area (Å²) in [4.78, 5) is 5.51. The van der Waals surface area contributed by atoms with Crippen molar-refractivity contribution in [2.75, 3.05) is 33.0 Å². The van der Waals surface area contributed by atoms with Crippen molar-refractivity contribution in [2.24, 2.45) is 0 Å². The molecule has 1 atom stereocenters. The third kappa shape index (κ3) is 3.91. The number of aromatic nitrogens is 1. The Kier molecular flexibility index (Phi) is 5.04. The molecule has 3 aromatic rings. The molecule has 1 saturated heterocycles. The first-order valence-electron chi connectivity index (χ1n) is 10.2. The first-order valence-corrected chi connectivity index (χ1v) is 10.2. The number of likely N-dealkylation sites (tertiary alicyclic amines) is 1. The van der Waals surface area contributed by atoms with Gasteiger partial charge in [0.2, 0.25) is 6.79 Å². The van der Waals surface area contributed by atoms with Crippen LogP contribution in [0.4, 0.5) is 0 Å². The van der Waals surface area contributed by atoms with Crippen molar-refractivity contribution in [2.45, 2.75) is 24.9 Å². The highest BCUT2D eigenvalue weighted by Crippen LogP contribution is 2.37. The molecule has 0 unspecified atom stereocenters. The number of hydrogen-bond acceptors (Lipinski definition) is 5. The van der Waals surface area contributed by atoms with E-state index in [1.165, 1.54) is 5.56 Å². The quantitative estimate of drug-likeness (QED) is 0.670. The van der Waals surface area contributed by atoms with Crippen LogP contribution >= 0.6 is 0 Å². The fraction of sp³-hybridized carbons (Fsp3) is 0.391. The Balaban J connectivity index is 1.11. The van der Waals surface area contributed by atoms with Gasteiger partial charge in [-0.05, 0) is 67.7 Å². The lowest BCUT2D eigenvalue weighted by Crippen LogP contribution is -2.40. The molecule has 2 aliphatic heterocycles. The summed E-state index contributed by atoms with van der Waals surface area (Å²) in [6, 6.07) is 14.2. The van der Waals surface area contributed by atoms with Gasteiger partial charge in [-0.15, -0.1) is 0 Å². The third-order valence-corrected chi connectivity index (χ3v) is 5.91. The molecule has 3 heterocycles. The molecule has 1 aromatic heterocycles. The van der Waals surface area contributed by atoms with E-state index in [-0.39, 0.29) is 0 Å². The third-order valence-electron chi connectivity index (χ3n) is 5.91. The standard InChI is InChI=1S/C23H26N2O4/c26-18(14-27-21-3-1-2-20-19(21)6-9-24-20)13-25-10-7-16(8-11-25)17-4-5-22-23(12-17)29-15-28-22/h1-6,9,12,16,18,24,26H,7-8,10-11,13-15H2/t18-/m1/s1. The van der Waals surface area contributed by atoms with Crippen LogP contribution in [0.25, 0.3) is 10.9 Å². The van der Waals surface area contributed by atoms with Gasteiger partial charge in [-0.1, -0.05) is 12.1 Å². The highest BCUT2D eigenvalue weighted by molar-refractivity contribution is 5.85. The van der Waals surface area contributed by atoms with Crippen LogP contribution in [0.1, 0.15) is 24.3 Å². The lowest BCUT2D eigenvalue weighted by Gasteiger charge is -2.33. The Bertz CT molecular complexity index is 978. The second kappa shape index (κ2) is 7.97. The summed E-state index contributed by atoms with van der Waals surface area (Å²) >= 11 is 0. The fourth-order valence-corrected chi connectivity index (χ4v) is 4.34. The van der Waals surface area contributed by atoms with E-state index in [2.05, 4.69) is 22.0 Å². The number of rotatable bonds is 6. The number of aliphatic hydroxyl groups is 1. The molecular weight excluding hydrogens is 368 g/mol. The molecule has 2 N–H and O–H groups in total. The fourth-order valence-electron chi connectivity index (χ4n) is 4.34. The molecule has 152 valence electrons. The van der Waals surface area contributed by atoms with Crippen molar-refractivity contribution in [1.29, 1.82) is 0 Å². The number of ether oxygens (including phenoxy) is 3. The molecule has 29 heavy (non-hydrogen) atoms. The minimum Gasteiger partial charge on any atom is -0.490 e. The van der Waals surface area contributed by atoms with Crippen LogP contribution in [0.3, 0.4) is 0 Å². The molecule has 6 nitrogen and oxygen atoms in total. The van der Waals surface area contributed by atoms with Crippen molar-refractivity contribution < 1.29 is 19.3 Å². The van der Waals surface area contributed by atoms with E-state index in [9.17, 15) is 5.11 Å². The Morgan fingerprint density at radius 2 is 1.97 bits per heavy atom. The van der Waals surface area contributed by atoms with Gasteiger partial charge in [0, 0.05) is 23.6 Å². The molecular formula is C23H26N2O4. The van der Waals surface area contributed by atoms with Crippen molar-refractivity contribution in [3.05, 3.63) is 54.2 Å². The summed E-state index contributed by atoms with van der Waals surface area (Å²) in [7, 11) is 0. The topological polar surface area (TPSA) is 67.0 Å². The van der Waals surface area contributed by atoms with Gasteiger partial charge in [0.05, 0.1) is 0 Å². The molecule has 0 bridgehead atoms. The molecule has 0 saturated carbocycles. The largest absolute Gasteiger partial charge is 0.490 e. The van der Waals surface area contributed by atoms with Gasteiger partial charge in [-0.2, -0.15) is 0 Å². The van der Waals surface area contributed by atoms with Crippen LogP contribution in [-0.4, -0.2) is 54.1 Å². The maximum atomic E-state index is 10.5. The first kappa shape index (κ1) is 18.3. The zero-order chi connectivity index (χ0) is 19.6. The van der Waals surface area contributed by atoms with Gasteiger partial charge in [0.25, 0.3) is 0 Å². The molecule has 0 amide bonds. The summed E-state index contributed by atoms with van der Waals surface area (Å²) in [5.41, 5.74) is 2.36. The molecule has 6 heteroatoms. The maximum absolute atomic E-state index is 10.5. The van der Waals surface area contributed by atoms with Crippen LogP contribution in [0.2, 0.25) is 0 Å². The smallest absolute Gasteiger partial charge is 0.231 e. The second-order valence-corrected chi connectivity index (χ2v) is 7.85. The van der Waals surface area contributed by atoms with E-state index in [0.29, 0.717) is 25.9 Å². The molecule has 0 aliphatic carbocycles. The summed E-state index contributed by atoms with van der Waals surface area (Å²) in [6.07, 6.45) is 3.55. The van der Waals surface area contributed by atoms with Crippen molar-refractivity contribution >= 4 is 10.9 Å². The number of piperidine rings is 1. The predicted octanol–water partition coefficient (Wildman–Crippen LogP) is 3.52. The van der Waals surface area contributed by atoms with Crippen molar-refractivity contribution in [1.82, 2.24) is 9.88 Å². The Hall–Kier alpha value is -2.70. The first-order chi connectivity index (χ1) is 14.3. The summed E-state index contributed by atoms with van der Waals surface area (Å²) in [5, 5.41) is 11.5. The van der Waals surface area contributed by atoms with Crippen molar-refractivity contribution in [3.8, 4) is 17.2 Å². The van der Waals surface area contributed by atoms with Gasteiger partial charge in [0.1, 0.15) is 18.5 Å². The number of hydrogen-bond donors (Lipinski definition) is 2. The van der Waals surface area contributed by atoms with Gasteiger partial charge >= 0.3 is 0 Å². The summed E-state index contributed by atoms with van der Waals surface area (Å²) < 4.78 is 16.8. The minimum absolute atomic E-state index is 0.298. The number of aromatic amines is 1. The summed E-state index contributed by atoms with van der Waals surface area (Å²) in [6.45, 7) is 3.20. The normalized spacial score (nSPS) is 18.2. The van der Waals surface area contributed by atoms with E-state index in [4.69, 9.17) is 14.2 Å². The van der Waals surface area contributed by atoms with E-state index >= 15 is 0 Å². The molecule has 5 rings (SSSR count). The highest BCUT2D eigenvalue weighted by atomic mass is 16.7. The van der Waals surface area contributed by atoms with Crippen LogP contribution < -0.4 is 14.2 Å². The van der Waals surface area contributed by atoms with Crippen LogP contribution in [-0.2, 0) is 0 Å². The van der Waals surface area contributed by atoms with Gasteiger partial charge < -0.3 is 29.2 Å². The van der Waals surface area contributed by atoms with Crippen LogP contribution in [0, 0.1) is 0 Å². The van der Waals surface area contributed by atoms with Crippen molar-refractivity contribution in [3.63, 3.8) is 0 Å². The number of β-amino-alcohol motifs (C(OH)–C–C–N with tert-alkyl or cyclic N) is 1. The zero-order valence-corrected chi connectivity index (χ0v) is 16.3. The Morgan fingerprint density at radius 1 is 1.10 bits per heavy atom. The minimum atomic E-state index is -0.508. The predicted molar refractivity (Wildman–Crippen MR) is 111 cm³/mol. The SMILES string of the molecule is O[C@@H](COc1cccc2[nH]ccc12)CN1CCC(c2ccc3c(c2)OCO3)CC1. The number of nitrogens with one attached hydrogen (secondary N) is 1. The number of aliphatic hydroxyl groups excluding tert-OH is 1. The van der Waals surface area contributed by atoms with E-state index in [0.717, 1.165) is 54.1 Å². The number of benzene rings is 2. The van der Waals surface area contributed by atoms with Gasteiger partial charge in [-0.3, -0.25) is 0 Å². The number of nitrogens with zero attached hydrogens (tertiary/aromatic N) is 1. The molecule has 2 aliphatic rings.